The molecule has 2 fully saturated rings. The van der Waals surface area contributed by atoms with E-state index >= 15 is 0 Å². The van der Waals surface area contributed by atoms with Crippen LogP contribution in [0.1, 0.15) is 66.4 Å². The highest BCUT2D eigenvalue weighted by atomic mass is 16.3. The summed E-state index contributed by atoms with van der Waals surface area (Å²) < 4.78 is 5.27. The number of likely N-dealkylation sites (tertiary alicyclic amines) is 2. The number of amides is 2. The van der Waals surface area contributed by atoms with Crippen LogP contribution in [-0.4, -0.2) is 46.2 Å². The van der Waals surface area contributed by atoms with Gasteiger partial charge in [0.15, 0.2) is 6.39 Å². The molecule has 0 bridgehead atoms. The second-order valence-electron chi connectivity index (χ2n) is 8.75. The number of carbonyl (C=O) groups is 2. The molecule has 1 aromatic carbocycles. The first-order valence-electron chi connectivity index (χ1n) is 10.5. The van der Waals surface area contributed by atoms with Crippen LogP contribution in [0.2, 0.25) is 0 Å². The van der Waals surface area contributed by atoms with Crippen LogP contribution >= 0.6 is 0 Å². The first kappa shape index (κ1) is 19.7. The van der Waals surface area contributed by atoms with Gasteiger partial charge in [0.05, 0.1) is 11.1 Å². The average molecular weight is 396 g/mol. The van der Waals surface area contributed by atoms with Crippen molar-refractivity contribution in [2.45, 2.75) is 52.5 Å². The second-order valence-corrected chi connectivity index (χ2v) is 8.75. The van der Waals surface area contributed by atoms with Crippen LogP contribution in [0.5, 0.6) is 0 Å². The smallest absolute Gasteiger partial charge is 0.291 e. The number of aromatic nitrogens is 1. The maximum atomic E-state index is 13.4. The molecule has 0 radical (unpaired) electrons. The van der Waals surface area contributed by atoms with Gasteiger partial charge < -0.3 is 14.2 Å². The second kappa shape index (κ2) is 7.65. The molecule has 6 heteroatoms. The Balaban J connectivity index is 1.46. The molecule has 4 rings (SSSR count). The van der Waals surface area contributed by atoms with Gasteiger partial charge in [-0.15, -0.1) is 0 Å². The number of hydrogen-bond donors (Lipinski definition) is 0. The van der Waals surface area contributed by atoms with E-state index in [-0.39, 0.29) is 17.6 Å². The summed E-state index contributed by atoms with van der Waals surface area (Å²) in [6, 6.07) is 8.56. The number of oxazole rings is 1. The quantitative estimate of drug-likeness (QED) is 0.791. The van der Waals surface area contributed by atoms with Crippen LogP contribution in [0.4, 0.5) is 0 Å². The minimum absolute atomic E-state index is 0.161. The lowest BCUT2D eigenvalue weighted by atomic mass is 9.78. The molecule has 2 aliphatic rings. The van der Waals surface area contributed by atoms with E-state index in [1.807, 2.05) is 4.90 Å². The highest BCUT2D eigenvalue weighted by molar-refractivity contribution is 5.94. The molecule has 1 atom stereocenters. The van der Waals surface area contributed by atoms with Gasteiger partial charge in [-0.25, -0.2) is 4.98 Å². The van der Waals surface area contributed by atoms with Gasteiger partial charge in [0.2, 0.25) is 11.7 Å². The van der Waals surface area contributed by atoms with Crippen molar-refractivity contribution in [2.75, 3.05) is 19.6 Å². The Morgan fingerprint density at radius 3 is 2.62 bits per heavy atom. The van der Waals surface area contributed by atoms with Crippen molar-refractivity contribution < 1.29 is 14.0 Å². The van der Waals surface area contributed by atoms with Gasteiger partial charge in [0, 0.05) is 26.2 Å². The van der Waals surface area contributed by atoms with E-state index in [4.69, 9.17) is 4.42 Å². The Morgan fingerprint density at radius 1 is 1.21 bits per heavy atom. The fourth-order valence-corrected chi connectivity index (χ4v) is 4.61. The molecule has 2 aromatic rings. The normalized spacial score (nSPS) is 22.1. The monoisotopic (exact) mass is 395 g/mol. The lowest BCUT2D eigenvalue weighted by Crippen LogP contribution is -2.50. The van der Waals surface area contributed by atoms with Gasteiger partial charge in [-0.3, -0.25) is 9.59 Å². The zero-order chi connectivity index (χ0) is 20.6. The van der Waals surface area contributed by atoms with E-state index in [1.54, 1.807) is 11.8 Å². The van der Waals surface area contributed by atoms with Crippen molar-refractivity contribution in [1.82, 2.24) is 14.8 Å². The Bertz CT molecular complexity index is 902. The molecule has 0 saturated carbocycles. The third-order valence-corrected chi connectivity index (χ3v) is 6.42. The maximum Gasteiger partial charge on any atom is 0.291 e. The lowest BCUT2D eigenvalue weighted by Gasteiger charge is -2.39. The van der Waals surface area contributed by atoms with Gasteiger partial charge in [-0.2, -0.15) is 0 Å². The third kappa shape index (κ3) is 3.68. The topological polar surface area (TPSA) is 66.7 Å². The average Bonchev–Trinajstić information content (AvgIpc) is 3.33. The van der Waals surface area contributed by atoms with E-state index < -0.39 is 5.41 Å². The van der Waals surface area contributed by atoms with Crippen LogP contribution in [-0.2, 0) is 11.3 Å². The SMILES string of the molecule is Cc1ncoc1C(=O)N1CCC2(CCCN(Cc3ccc(C(C)C)cc3)C2=O)C1. The van der Waals surface area contributed by atoms with Crippen molar-refractivity contribution in [1.29, 1.82) is 0 Å². The Kier molecular flexibility index (Phi) is 5.19. The molecule has 1 unspecified atom stereocenters. The number of aryl methyl sites for hydroxylation is 1. The summed E-state index contributed by atoms with van der Waals surface area (Å²) in [5.41, 5.74) is 2.60. The van der Waals surface area contributed by atoms with Crippen LogP contribution in [0.15, 0.2) is 35.1 Å². The number of benzene rings is 1. The predicted octanol–water partition coefficient (Wildman–Crippen LogP) is 3.76. The summed E-state index contributed by atoms with van der Waals surface area (Å²) in [7, 11) is 0. The van der Waals surface area contributed by atoms with Gasteiger partial charge in [0.1, 0.15) is 0 Å². The maximum absolute atomic E-state index is 13.4. The van der Waals surface area contributed by atoms with Crippen molar-refractivity contribution in [3.63, 3.8) is 0 Å². The molecular formula is C23H29N3O3. The van der Waals surface area contributed by atoms with E-state index in [9.17, 15) is 9.59 Å². The Labute approximate surface area is 171 Å². The first-order chi connectivity index (χ1) is 13.9. The number of piperidine rings is 1. The van der Waals surface area contributed by atoms with Crippen LogP contribution < -0.4 is 0 Å². The highest BCUT2D eigenvalue weighted by Crippen LogP contribution is 2.41. The van der Waals surface area contributed by atoms with Crippen LogP contribution in [0.3, 0.4) is 0 Å². The summed E-state index contributed by atoms with van der Waals surface area (Å²) in [5, 5.41) is 0. The molecule has 2 aliphatic heterocycles. The minimum Gasteiger partial charge on any atom is -0.438 e. The zero-order valence-corrected chi connectivity index (χ0v) is 17.5. The fraction of sp³-hybridized carbons (Fsp3) is 0.522. The molecule has 1 aromatic heterocycles. The molecule has 154 valence electrons. The van der Waals surface area contributed by atoms with E-state index in [1.165, 1.54) is 12.0 Å². The van der Waals surface area contributed by atoms with E-state index in [2.05, 4.69) is 43.1 Å². The number of nitrogens with zero attached hydrogens (tertiary/aromatic N) is 3. The molecule has 2 amide bonds. The molecule has 2 saturated heterocycles. The molecule has 29 heavy (non-hydrogen) atoms. The number of carbonyl (C=O) groups excluding carboxylic acids is 2. The minimum atomic E-state index is -0.459. The highest BCUT2D eigenvalue weighted by Gasteiger charge is 2.49. The summed E-state index contributed by atoms with van der Waals surface area (Å²) in [4.78, 5) is 33.9. The largest absolute Gasteiger partial charge is 0.438 e. The van der Waals surface area contributed by atoms with Crippen molar-refractivity contribution in [3.05, 3.63) is 53.2 Å². The Morgan fingerprint density at radius 2 is 1.97 bits per heavy atom. The molecule has 3 heterocycles. The van der Waals surface area contributed by atoms with Crippen LogP contribution in [0.25, 0.3) is 0 Å². The van der Waals surface area contributed by atoms with Crippen molar-refractivity contribution in [2.24, 2.45) is 5.41 Å². The first-order valence-corrected chi connectivity index (χ1v) is 10.5. The number of hydrogen-bond acceptors (Lipinski definition) is 4. The molecule has 1 spiro atoms. The van der Waals surface area contributed by atoms with Gasteiger partial charge in [0.25, 0.3) is 5.91 Å². The van der Waals surface area contributed by atoms with E-state index in [0.717, 1.165) is 24.9 Å². The van der Waals surface area contributed by atoms with Gasteiger partial charge >= 0.3 is 0 Å². The fourth-order valence-electron chi connectivity index (χ4n) is 4.61. The van der Waals surface area contributed by atoms with Gasteiger partial charge in [-0.05, 0) is 43.2 Å². The Hall–Kier alpha value is -2.63. The summed E-state index contributed by atoms with van der Waals surface area (Å²) in [6.07, 6.45) is 3.83. The molecule has 6 nitrogen and oxygen atoms in total. The summed E-state index contributed by atoms with van der Waals surface area (Å²) in [5.74, 6) is 0.804. The van der Waals surface area contributed by atoms with Gasteiger partial charge in [-0.1, -0.05) is 38.1 Å². The lowest BCUT2D eigenvalue weighted by molar-refractivity contribution is -0.146. The van der Waals surface area contributed by atoms with Crippen molar-refractivity contribution in [3.8, 4) is 0 Å². The van der Waals surface area contributed by atoms with E-state index in [0.29, 0.717) is 37.7 Å². The number of rotatable bonds is 4. The standard InChI is InChI=1S/C23H29N3O3/c1-16(2)19-7-5-18(6-8-19)13-25-11-4-9-23(22(25)28)10-12-26(14-23)21(27)20-17(3)24-15-29-20/h5-8,15-16H,4,9-14H2,1-3H3. The van der Waals surface area contributed by atoms with Crippen molar-refractivity contribution >= 4 is 11.8 Å². The van der Waals surface area contributed by atoms with Crippen LogP contribution in [0, 0.1) is 12.3 Å². The predicted molar refractivity (Wildman–Crippen MR) is 109 cm³/mol. The summed E-state index contributed by atoms with van der Waals surface area (Å²) >= 11 is 0. The third-order valence-electron chi connectivity index (χ3n) is 6.42. The molecular weight excluding hydrogens is 366 g/mol. The molecule has 0 N–H and O–H groups in total. The molecule has 0 aliphatic carbocycles. The summed E-state index contributed by atoms with van der Waals surface area (Å²) in [6.45, 7) is 8.59. The zero-order valence-electron chi connectivity index (χ0n) is 17.5.